The van der Waals surface area contributed by atoms with Crippen LogP contribution < -0.4 is 10.1 Å². The molecule has 104 valence electrons. The lowest BCUT2D eigenvalue weighted by atomic mass is 10.1. The number of benzene rings is 1. The molecule has 1 aromatic carbocycles. The molecule has 1 aromatic heterocycles. The maximum absolute atomic E-state index is 9.15. The summed E-state index contributed by atoms with van der Waals surface area (Å²) in [4.78, 5) is 0. The summed E-state index contributed by atoms with van der Waals surface area (Å²) in [5.74, 6) is 0.667. The molecule has 0 radical (unpaired) electrons. The van der Waals surface area contributed by atoms with Crippen molar-refractivity contribution in [1.29, 1.82) is 5.26 Å². The van der Waals surface area contributed by atoms with Crippen LogP contribution in [0.4, 0.5) is 5.69 Å². The summed E-state index contributed by atoms with van der Waals surface area (Å²) in [6.45, 7) is 4.76. The summed E-state index contributed by atoms with van der Waals surface area (Å²) in [6, 6.07) is 7.91. The van der Waals surface area contributed by atoms with Crippen LogP contribution in [-0.2, 0) is 6.54 Å². The van der Waals surface area contributed by atoms with E-state index in [-0.39, 0.29) is 0 Å². The molecule has 1 heterocycles. The molecule has 0 aliphatic carbocycles. The van der Waals surface area contributed by atoms with E-state index in [1.54, 1.807) is 19.2 Å². The number of methoxy groups -OCH3 is 1. The lowest BCUT2D eigenvalue weighted by molar-refractivity contribution is 0.416. The Bertz CT molecular complexity index is 625. The number of anilines is 1. The summed E-state index contributed by atoms with van der Waals surface area (Å²) in [7, 11) is 1.60. The van der Waals surface area contributed by atoms with Crippen LogP contribution in [0.1, 0.15) is 31.0 Å². The molecule has 0 fully saturated rings. The maximum Gasteiger partial charge on any atom is 0.143 e. The zero-order valence-electron chi connectivity index (χ0n) is 11.9. The maximum atomic E-state index is 9.15. The van der Waals surface area contributed by atoms with E-state index in [0.29, 0.717) is 23.9 Å². The Labute approximate surface area is 118 Å². The van der Waals surface area contributed by atoms with Gasteiger partial charge in [0.2, 0.25) is 0 Å². The molecule has 0 aliphatic heterocycles. The third-order valence-electron chi connectivity index (χ3n) is 3.02. The first-order valence-corrected chi connectivity index (χ1v) is 6.49. The van der Waals surface area contributed by atoms with Crippen molar-refractivity contribution in [2.24, 2.45) is 0 Å². The van der Waals surface area contributed by atoms with Gasteiger partial charge in [0.1, 0.15) is 11.8 Å². The zero-order valence-corrected chi connectivity index (χ0v) is 11.9. The predicted molar refractivity (Wildman–Crippen MR) is 77.6 cm³/mol. The fourth-order valence-corrected chi connectivity index (χ4v) is 1.92. The van der Waals surface area contributed by atoms with Gasteiger partial charge in [-0.2, -0.15) is 10.4 Å². The number of rotatable bonds is 5. The minimum absolute atomic E-state index is 0.338. The third-order valence-corrected chi connectivity index (χ3v) is 3.02. The van der Waals surface area contributed by atoms with Gasteiger partial charge in [0.15, 0.2) is 0 Å². The number of nitriles is 1. The largest absolute Gasteiger partial charge is 0.495 e. The molecule has 2 rings (SSSR count). The van der Waals surface area contributed by atoms with Gasteiger partial charge in [0, 0.05) is 24.3 Å². The van der Waals surface area contributed by atoms with E-state index in [9.17, 15) is 0 Å². The standard InChI is InChI=1S/C15H18N4O/c1-11(2)19-10-12(9-18-19)8-17-15-13(7-16)5-4-6-14(15)20-3/h4-6,9-11,17H,8H2,1-3H3. The molecular weight excluding hydrogens is 252 g/mol. The van der Waals surface area contributed by atoms with Gasteiger partial charge in [0.25, 0.3) is 0 Å². The summed E-state index contributed by atoms with van der Waals surface area (Å²) in [6.07, 6.45) is 3.83. The number of para-hydroxylation sites is 1. The minimum Gasteiger partial charge on any atom is -0.495 e. The molecule has 0 bridgehead atoms. The third kappa shape index (κ3) is 2.91. The first-order valence-electron chi connectivity index (χ1n) is 6.49. The average molecular weight is 270 g/mol. The Morgan fingerprint density at radius 3 is 2.85 bits per heavy atom. The van der Waals surface area contributed by atoms with Gasteiger partial charge >= 0.3 is 0 Å². The van der Waals surface area contributed by atoms with Crippen LogP contribution in [0.5, 0.6) is 5.75 Å². The van der Waals surface area contributed by atoms with Gasteiger partial charge in [0.05, 0.1) is 24.6 Å². The van der Waals surface area contributed by atoms with Crippen molar-refractivity contribution in [2.45, 2.75) is 26.4 Å². The first-order chi connectivity index (χ1) is 9.65. The molecule has 0 saturated carbocycles. The summed E-state index contributed by atoms with van der Waals surface area (Å²) in [5.41, 5.74) is 2.35. The van der Waals surface area contributed by atoms with Crippen LogP contribution in [0.2, 0.25) is 0 Å². The van der Waals surface area contributed by atoms with Crippen molar-refractivity contribution in [3.8, 4) is 11.8 Å². The SMILES string of the molecule is COc1cccc(C#N)c1NCc1cnn(C(C)C)c1. The van der Waals surface area contributed by atoms with Crippen LogP contribution in [-0.4, -0.2) is 16.9 Å². The summed E-state index contributed by atoms with van der Waals surface area (Å²) in [5, 5.41) is 16.7. The highest BCUT2D eigenvalue weighted by atomic mass is 16.5. The molecule has 0 atom stereocenters. The molecule has 5 heteroatoms. The van der Waals surface area contributed by atoms with Crippen LogP contribution in [0.3, 0.4) is 0 Å². The quantitative estimate of drug-likeness (QED) is 0.907. The van der Waals surface area contributed by atoms with Crippen molar-refractivity contribution >= 4 is 5.69 Å². The predicted octanol–water partition coefficient (Wildman–Crippen LogP) is 2.96. The van der Waals surface area contributed by atoms with Gasteiger partial charge in [-0.05, 0) is 26.0 Å². The highest BCUT2D eigenvalue weighted by Gasteiger charge is 2.09. The van der Waals surface area contributed by atoms with E-state index in [2.05, 4.69) is 30.3 Å². The second-order valence-corrected chi connectivity index (χ2v) is 4.77. The number of nitrogens with one attached hydrogen (secondary N) is 1. The average Bonchev–Trinajstić information content (AvgIpc) is 2.93. The number of aromatic nitrogens is 2. The number of hydrogen-bond donors (Lipinski definition) is 1. The van der Waals surface area contributed by atoms with Crippen molar-refractivity contribution in [2.75, 3.05) is 12.4 Å². The fourth-order valence-electron chi connectivity index (χ4n) is 1.92. The second-order valence-electron chi connectivity index (χ2n) is 4.77. The Morgan fingerprint density at radius 1 is 1.45 bits per heavy atom. The van der Waals surface area contributed by atoms with Crippen molar-refractivity contribution in [3.05, 3.63) is 41.7 Å². The molecule has 2 aromatic rings. The van der Waals surface area contributed by atoms with Crippen LogP contribution in [0.15, 0.2) is 30.6 Å². The Hall–Kier alpha value is -2.48. The molecule has 0 saturated heterocycles. The van der Waals surface area contributed by atoms with Crippen molar-refractivity contribution in [3.63, 3.8) is 0 Å². The van der Waals surface area contributed by atoms with E-state index in [1.807, 2.05) is 23.1 Å². The van der Waals surface area contributed by atoms with Gasteiger partial charge in [-0.3, -0.25) is 4.68 Å². The molecule has 5 nitrogen and oxygen atoms in total. The van der Waals surface area contributed by atoms with E-state index >= 15 is 0 Å². The van der Waals surface area contributed by atoms with Crippen molar-refractivity contribution < 1.29 is 4.74 Å². The minimum atomic E-state index is 0.338. The molecule has 0 aliphatic rings. The van der Waals surface area contributed by atoms with E-state index in [4.69, 9.17) is 10.00 Å². The molecular formula is C15H18N4O. The Balaban J connectivity index is 2.16. The molecule has 20 heavy (non-hydrogen) atoms. The second kappa shape index (κ2) is 6.11. The topological polar surface area (TPSA) is 62.9 Å². The van der Waals surface area contributed by atoms with E-state index in [0.717, 1.165) is 11.3 Å². The molecule has 0 spiro atoms. The summed E-state index contributed by atoms with van der Waals surface area (Å²) >= 11 is 0. The normalized spacial score (nSPS) is 10.3. The monoisotopic (exact) mass is 270 g/mol. The molecule has 1 N–H and O–H groups in total. The van der Waals surface area contributed by atoms with Gasteiger partial charge in [-0.25, -0.2) is 0 Å². The smallest absolute Gasteiger partial charge is 0.143 e. The molecule has 0 amide bonds. The number of nitrogens with zero attached hydrogens (tertiary/aromatic N) is 3. The molecule has 0 unspecified atom stereocenters. The van der Waals surface area contributed by atoms with Crippen LogP contribution in [0.25, 0.3) is 0 Å². The lowest BCUT2D eigenvalue weighted by Crippen LogP contribution is -2.03. The van der Waals surface area contributed by atoms with Gasteiger partial charge in [-0.1, -0.05) is 6.07 Å². The van der Waals surface area contributed by atoms with Crippen molar-refractivity contribution in [1.82, 2.24) is 9.78 Å². The van der Waals surface area contributed by atoms with Crippen LogP contribution >= 0.6 is 0 Å². The van der Waals surface area contributed by atoms with E-state index < -0.39 is 0 Å². The number of ether oxygens (including phenoxy) is 1. The van der Waals surface area contributed by atoms with Gasteiger partial charge < -0.3 is 10.1 Å². The lowest BCUT2D eigenvalue weighted by Gasteiger charge is -2.11. The highest BCUT2D eigenvalue weighted by molar-refractivity contribution is 5.66. The Kier molecular flexibility index (Phi) is 4.26. The Morgan fingerprint density at radius 2 is 2.25 bits per heavy atom. The summed E-state index contributed by atoms with van der Waals surface area (Å²) < 4.78 is 7.19. The van der Waals surface area contributed by atoms with Crippen LogP contribution in [0, 0.1) is 11.3 Å². The highest BCUT2D eigenvalue weighted by Crippen LogP contribution is 2.28. The zero-order chi connectivity index (χ0) is 14.5. The van der Waals surface area contributed by atoms with E-state index in [1.165, 1.54) is 0 Å². The first kappa shape index (κ1) is 13.9. The van der Waals surface area contributed by atoms with Gasteiger partial charge in [-0.15, -0.1) is 0 Å². The number of hydrogen-bond acceptors (Lipinski definition) is 4. The fraction of sp³-hybridized carbons (Fsp3) is 0.333.